The van der Waals surface area contributed by atoms with Gasteiger partial charge in [-0.1, -0.05) is 43.0 Å². The summed E-state index contributed by atoms with van der Waals surface area (Å²) < 4.78 is 5.49. The Labute approximate surface area is 125 Å². The third-order valence-corrected chi connectivity index (χ3v) is 4.55. The summed E-state index contributed by atoms with van der Waals surface area (Å²) in [4.78, 5) is 2.46. The largest absolute Gasteiger partial charge is 0.378 e. The van der Waals surface area contributed by atoms with Crippen molar-refractivity contribution in [3.8, 4) is 11.1 Å². The molecular weight excluding hydrogens is 258 g/mol. The first kappa shape index (κ1) is 12.7. The van der Waals surface area contributed by atoms with Crippen LogP contribution in [-0.4, -0.2) is 26.3 Å². The van der Waals surface area contributed by atoms with Gasteiger partial charge in [-0.15, -0.1) is 0 Å². The third kappa shape index (κ3) is 1.98. The summed E-state index contributed by atoms with van der Waals surface area (Å²) in [5, 5.41) is 0. The predicted octanol–water partition coefficient (Wildman–Crippen LogP) is 3.74. The second-order valence-corrected chi connectivity index (χ2v) is 5.66. The summed E-state index contributed by atoms with van der Waals surface area (Å²) in [6.45, 7) is 7.60. The van der Waals surface area contributed by atoms with Gasteiger partial charge in [0, 0.05) is 25.2 Å². The number of fused-ring (bicyclic) bond motifs is 3. The molecular formula is C19H19NO. The average molecular weight is 277 g/mol. The summed E-state index contributed by atoms with van der Waals surface area (Å²) in [6, 6.07) is 13.2. The van der Waals surface area contributed by atoms with Gasteiger partial charge in [0.15, 0.2) is 0 Å². The summed E-state index contributed by atoms with van der Waals surface area (Å²) in [5.41, 5.74) is 8.25. The van der Waals surface area contributed by atoms with Gasteiger partial charge in [-0.3, -0.25) is 0 Å². The standard InChI is InChI=1S/C19H19NO/c1-2-14-7-8-18(20-9-11-21-12-10-20)17-13-15-5-3-4-6-16(15)19(14)17/h2-8H,1,9-13H2. The maximum Gasteiger partial charge on any atom is 0.0642 e. The van der Waals surface area contributed by atoms with Gasteiger partial charge in [0.2, 0.25) is 0 Å². The maximum absolute atomic E-state index is 5.49. The zero-order valence-corrected chi connectivity index (χ0v) is 12.1. The topological polar surface area (TPSA) is 12.5 Å². The van der Waals surface area contributed by atoms with E-state index in [0.717, 1.165) is 32.7 Å². The molecule has 106 valence electrons. The van der Waals surface area contributed by atoms with Crippen molar-refractivity contribution in [2.45, 2.75) is 6.42 Å². The van der Waals surface area contributed by atoms with Crippen molar-refractivity contribution in [3.05, 3.63) is 59.7 Å². The van der Waals surface area contributed by atoms with Crippen molar-refractivity contribution in [2.75, 3.05) is 31.2 Å². The van der Waals surface area contributed by atoms with Gasteiger partial charge in [0.25, 0.3) is 0 Å². The molecule has 1 aliphatic heterocycles. The second-order valence-electron chi connectivity index (χ2n) is 5.66. The molecule has 1 heterocycles. The molecule has 2 aromatic rings. The van der Waals surface area contributed by atoms with E-state index in [2.05, 4.69) is 47.9 Å². The Balaban J connectivity index is 1.88. The van der Waals surface area contributed by atoms with E-state index in [1.807, 2.05) is 6.08 Å². The quantitative estimate of drug-likeness (QED) is 0.707. The molecule has 1 saturated heterocycles. The van der Waals surface area contributed by atoms with E-state index in [9.17, 15) is 0 Å². The van der Waals surface area contributed by atoms with E-state index in [0.29, 0.717) is 0 Å². The molecule has 0 aromatic heterocycles. The molecule has 2 aromatic carbocycles. The van der Waals surface area contributed by atoms with E-state index in [1.165, 1.54) is 33.5 Å². The van der Waals surface area contributed by atoms with Crippen LogP contribution in [0.1, 0.15) is 16.7 Å². The van der Waals surface area contributed by atoms with Crippen molar-refractivity contribution >= 4 is 11.8 Å². The molecule has 0 N–H and O–H groups in total. The first-order valence-electron chi connectivity index (χ1n) is 7.58. The Morgan fingerprint density at radius 1 is 1.05 bits per heavy atom. The van der Waals surface area contributed by atoms with Gasteiger partial charge in [0.1, 0.15) is 0 Å². The number of hydrogen-bond donors (Lipinski definition) is 0. The fourth-order valence-electron chi connectivity index (χ4n) is 3.53. The van der Waals surface area contributed by atoms with Gasteiger partial charge in [-0.25, -0.2) is 0 Å². The normalized spacial score (nSPS) is 16.5. The molecule has 0 radical (unpaired) electrons. The average Bonchev–Trinajstić information content (AvgIpc) is 2.94. The Morgan fingerprint density at radius 2 is 1.86 bits per heavy atom. The molecule has 2 aliphatic rings. The Kier molecular flexibility index (Phi) is 3.04. The summed E-state index contributed by atoms with van der Waals surface area (Å²) in [7, 11) is 0. The number of anilines is 1. The molecule has 1 aliphatic carbocycles. The number of morpholine rings is 1. The molecule has 0 unspecified atom stereocenters. The van der Waals surface area contributed by atoms with Crippen molar-refractivity contribution in [3.63, 3.8) is 0 Å². The van der Waals surface area contributed by atoms with E-state index >= 15 is 0 Å². The van der Waals surface area contributed by atoms with Gasteiger partial charge >= 0.3 is 0 Å². The van der Waals surface area contributed by atoms with Crippen LogP contribution in [0.25, 0.3) is 17.2 Å². The second kappa shape index (κ2) is 5.05. The molecule has 4 rings (SSSR count). The Morgan fingerprint density at radius 3 is 2.67 bits per heavy atom. The highest BCUT2D eigenvalue weighted by Crippen LogP contribution is 2.44. The first-order chi connectivity index (χ1) is 10.4. The van der Waals surface area contributed by atoms with E-state index in [-0.39, 0.29) is 0 Å². The molecule has 0 amide bonds. The van der Waals surface area contributed by atoms with Crippen molar-refractivity contribution in [1.29, 1.82) is 0 Å². The molecule has 2 heteroatoms. The van der Waals surface area contributed by atoms with E-state index in [1.54, 1.807) is 0 Å². The molecule has 21 heavy (non-hydrogen) atoms. The van der Waals surface area contributed by atoms with E-state index in [4.69, 9.17) is 4.74 Å². The minimum atomic E-state index is 0.824. The highest BCUT2D eigenvalue weighted by molar-refractivity contribution is 5.88. The fourth-order valence-corrected chi connectivity index (χ4v) is 3.53. The third-order valence-electron chi connectivity index (χ3n) is 4.55. The number of nitrogens with zero attached hydrogens (tertiary/aromatic N) is 1. The van der Waals surface area contributed by atoms with Gasteiger partial charge in [0.05, 0.1) is 13.2 Å². The van der Waals surface area contributed by atoms with Crippen LogP contribution >= 0.6 is 0 Å². The molecule has 2 nitrogen and oxygen atoms in total. The summed E-state index contributed by atoms with van der Waals surface area (Å²) in [5.74, 6) is 0. The van der Waals surface area contributed by atoms with Crippen molar-refractivity contribution in [2.24, 2.45) is 0 Å². The van der Waals surface area contributed by atoms with Crippen LogP contribution in [0.15, 0.2) is 43.0 Å². The van der Waals surface area contributed by atoms with Gasteiger partial charge < -0.3 is 9.64 Å². The minimum absolute atomic E-state index is 0.824. The van der Waals surface area contributed by atoms with Crippen molar-refractivity contribution < 1.29 is 4.74 Å². The smallest absolute Gasteiger partial charge is 0.0642 e. The highest BCUT2D eigenvalue weighted by Gasteiger charge is 2.25. The van der Waals surface area contributed by atoms with Gasteiger partial charge in [-0.05, 0) is 33.9 Å². The van der Waals surface area contributed by atoms with Crippen LogP contribution in [0.4, 0.5) is 5.69 Å². The molecule has 0 saturated carbocycles. The predicted molar refractivity (Wildman–Crippen MR) is 87.8 cm³/mol. The number of ether oxygens (including phenoxy) is 1. The molecule has 0 bridgehead atoms. The highest BCUT2D eigenvalue weighted by atomic mass is 16.5. The van der Waals surface area contributed by atoms with Crippen LogP contribution < -0.4 is 4.90 Å². The maximum atomic E-state index is 5.49. The lowest BCUT2D eigenvalue weighted by molar-refractivity contribution is 0.122. The summed E-state index contributed by atoms with van der Waals surface area (Å²) >= 11 is 0. The Bertz CT molecular complexity index is 699. The van der Waals surface area contributed by atoms with Crippen molar-refractivity contribution in [1.82, 2.24) is 0 Å². The lowest BCUT2D eigenvalue weighted by atomic mass is 9.97. The zero-order valence-electron chi connectivity index (χ0n) is 12.1. The lowest BCUT2D eigenvalue weighted by Gasteiger charge is -2.31. The number of benzene rings is 2. The number of rotatable bonds is 2. The van der Waals surface area contributed by atoms with Crippen LogP contribution in [0, 0.1) is 0 Å². The molecule has 1 fully saturated rings. The SMILES string of the molecule is C=Cc1ccc(N2CCOCC2)c2c1-c1ccccc1C2. The molecule has 0 spiro atoms. The lowest BCUT2D eigenvalue weighted by Crippen LogP contribution is -2.36. The van der Waals surface area contributed by atoms with E-state index < -0.39 is 0 Å². The summed E-state index contributed by atoms with van der Waals surface area (Å²) in [6.07, 6.45) is 3.00. The Hall–Kier alpha value is -2.06. The first-order valence-corrected chi connectivity index (χ1v) is 7.58. The molecule has 0 atom stereocenters. The van der Waals surface area contributed by atoms with Crippen LogP contribution in [0.2, 0.25) is 0 Å². The monoisotopic (exact) mass is 277 g/mol. The zero-order chi connectivity index (χ0) is 14.2. The van der Waals surface area contributed by atoms with Crippen LogP contribution in [0.5, 0.6) is 0 Å². The fraction of sp³-hybridized carbons (Fsp3) is 0.263. The number of hydrogen-bond acceptors (Lipinski definition) is 2. The van der Waals surface area contributed by atoms with Crippen LogP contribution in [-0.2, 0) is 11.2 Å². The minimum Gasteiger partial charge on any atom is -0.378 e. The van der Waals surface area contributed by atoms with Crippen LogP contribution in [0.3, 0.4) is 0 Å². The van der Waals surface area contributed by atoms with Gasteiger partial charge in [-0.2, -0.15) is 0 Å².